The Hall–Kier alpha value is -2.92. The highest BCUT2D eigenvalue weighted by Crippen LogP contribution is 2.36. The highest BCUT2D eigenvalue weighted by atomic mass is 32.1. The SMILES string of the molecule is Cn1cc(-c2csc(-c3cn(C)c4ncccc34)n2)c2ccccc21. The summed E-state index contributed by atoms with van der Waals surface area (Å²) in [7, 11) is 4.10. The topological polar surface area (TPSA) is 35.6 Å². The molecule has 1 aromatic carbocycles. The Morgan fingerprint density at radius 2 is 1.68 bits per heavy atom. The average molecular weight is 344 g/mol. The minimum atomic E-state index is 0.986. The Bertz CT molecular complexity index is 1130. The summed E-state index contributed by atoms with van der Waals surface area (Å²) in [4.78, 5) is 9.41. The van der Waals surface area contributed by atoms with Crippen LogP contribution in [-0.2, 0) is 14.1 Å². The summed E-state index contributed by atoms with van der Waals surface area (Å²) in [5.41, 5.74) is 5.56. The van der Waals surface area contributed by atoms with Crippen LogP contribution in [0.25, 0.3) is 43.8 Å². The molecule has 0 unspecified atom stereocenters. The van der Waals surface area contributed by atoms with Crippen LogP contribution in [0.4, 0.5) is 0 Å². The van der Waals surface area contributed by atoms with E-state index in [1.165, 1.54) is 16.5 Å². The van der Waals surface area contributed by atoms with E-state index in [1.807, 2.05) is 19.3 Å². The molecule has 0 aliphatic heterocycles. The first-order chi connectivity index (χ1) is 12.2. The second kappa shape index (κ2) is 5.29. The van der Waals surface area contributed by atoms with Crippen LogP contribution >= 0.6 is 11.3 Å². The van der Waals surface area contributed by atoms with Crippen molar-refractivity contribution >= 4 is 33.3 Å². The number of hydrogen-bond acceptors (Lipinski definition) is 3. The maximum absolute atomic E-state index is 4.94. The van der Waals surface area contributed by atoms with Gasteiger partial charge in [0.1, 0.15) is 10.7 Å². The maximum Gasteiger partial charge on any atom is 0.140 e. The van der Waals surface area contributed by atoms with Gasteiger partial charge in [0.05, 0.1) is 5.69 Å². The fourth-order valence-corrected chi connectivity index (χ4v) is 4.29. The van der Waals surface area contributed by atoms with Gasteiger partial charge in [-0.3, -0.25) is 0 Å². The van der Waals surface area contributed by atoms with Crippen LogP contribution in [0.1, 0.15) is 0 Å². The third-order valence-corrected chi connectivity index (χ3v) is 5.52. The quantitative estimate of drug-likeness (QED) is 0.459. The van der Waals surface area contributed by atoms with E-state index in [0.717, 1.165) is 27.3 Å². The highest BCUT2D eigenvalue weighted by molar-refractivity contribution is 7.13. The second-order valence-corrected chi connectivity index (χ2v) is 7.10. The predicted molar refractivity (Wildman–Crippen MR) is 104 cm³/mol. The van der Waals surface area contributed by atoms with Crippen molar-refractivity contribution in [3.8, 4) is 21.8 Å². The van der Waals surface area contributed by atoms with Crippen molar-refractivity contribution in [1.82, 2.24) is 19.1 Å². The zero-order valence-electron chi connectivity index (χ0n) is 14.0. The molecule has 25 heavy (non-hydrogen) atoms. The molecule has 0 N–H and O–H groups in total. The van der Waals surface area contributed by atoms with Crippen LogP contribution < -0.4 is 0 Å². The smallest absolute Gasteiger partial charge is 0.140 e. The van der Waals surface area contributed by atoms with Gasteiger partial charge in [0, 0.05) is 65.5 Å². The Labute approximate surface area is 149 Å². The molecule has 0 saturated carbocycles. The molecule has 4 nitrogen and oxygen atoms in total. The van der Waals surface area contributed by atoms with Crippen molar-refractivity contribution in [3.05, 3.63) is 60.4 Å². The largest absolute Gasteiger partial charge is 0.350 e. The molecule has 0 radical (unpaired) electrons. The molecule has 0 fully saturated rings. The number of benzene rings is 1. The summed E-state index contributed by atoms with van der Waals surface area (Å²) >= 11 is 1.68. The lowest BCUT2D eigenvalue weighted by molar-refractivity contribution is 0.949. The van der Waals surface area contributed by atoms with Crippen molar-refractivity contribution in [3.63, 3.8) is 0 Å². The fourth-order valence-electron chi connectivity index (χ4n) is 3.45. The molecule has 4 heterocycles. The van der Waals surface area contributed by atoms with Gasteiger partial charge in [0.2, 0.25) is 0 Å². The van der Waals surface area contributed by atoms with Crippen molar-refractivity contribution in [2.75, 3.05) is 0 Å². The molecule has 5 heteroatoms. The highest BCUT2D eigenvalue weighted by Gasteiger charge is 2.15. The van der Waals surface area contributed by atoms with Gasteiger partial charge in [0.15, 0.2) is 0 Å². The molecule has 4 aromatic heterocycles. The van der Waals surface area contributed by atoms with E-state index in [0.29, 0.717) is 0 Å². The van der Waals surface area contributed by atoms with Gasteiger partial charge in [-0.25, -0.2) is 9.97 Å². The molecule has 0 bridgehead atoms. The standard InChI is InChI=1S/C20H16N4S/c1-23-10-15(13-6-3-4-8-18(13)23)17-12-25-20(22-17)16-11-24(2)19-14(16)7-5-9-21-19/h3-12H,1-2H3. The number of pyridine rings is 1. The van der Waals surface area contributed by atoms with Crippen molar-refractivity contribution in [2.45, 2.75) is 0 Å². The first kappa shape index (κ1) is 14.4. The summed E-state index contributed by atoms with van der Waals surface area (Å²) in [6, 6.07) is 12.5. The number of fused-ring (bicyclic) bond motifs is 2. The van der Waals surface area contributed by atoms with Gasteiger partial charge >= 0.3 is 0 Å². The molecular weight excluding hydrogens is 328 g/mol. The number of hydrogen-bond donors (Lipinski definition) is 0. The monoisotopic (exact) mass is 344 g/mol. The molecule has 0 aliphatic rings. The van der Waals surface area contributed by atoms with Gasteiger partial charge in [-0.05, 0) is 18.2 Å². The van der Waals surface area contributed by atoms with E-state index in [9.17, 15) is 0 Å². The van der Waals surface area contributed by atoms with Gasteiger partial charge in [-0.2, -0.15) is 0 Å². The van der Waals surface area contributed by atoms with Crippen molar-refractivity contribution in [2.24, 2.45) is 14.1 Å². The molecule has 5 aromatic rings. The van der Waals surface area contributed by atoms with Gasteiger partial charge < -0.3 is 9.13 Å². The van der Waals surface area contributed by atoms with Crippen molar-refractivity contribution in [1.29, 1.82) is 0 Å². The van der Waals surface area contributed by atoms with Crippen LogP contribution in [0.15, 0.2) is 60.4 Å². The first-order valence-corrected chi connectivity index (χ1v) is 9.01. The van der Waals surface area contributed by atoms with Crippen LogP contribution in [0, 0.1) is 0 Å². The van der Waals surface area contributed by atoms with Crippen molar-refractivity contribution < 1.29 is 0 Å². The second-order valence-electron chi connectivity index (χ2n) is 6.24. The zero-order chi connectivity index (χ0) is 17.0. The average Bonchev–Trinajstić information content (AvgIpc) is 3.33. The van der Waals surface area contributed by atoms with E-state index in [1.54, 1.807) is 11.3 Å². The number of nitrogens with zero attached hydrogens (tertiary/aromatic N) is 4. The molecule has 0 amide bonds. The van der Waals surface area contributed by atoms with E-state index in [2.05, 4.69) is 69.3 Å². The molecular formula is C20H16N4S. The maximum atomic E-state index is 4.94. The number of aryl methyl sites for hydroxylation is 2. The Kier molecular flexibility index (Phi) is 3.05. The summed E-state index contributed by atoms with van der Waals surface area (Å²) in [6.45, 7) is 0. The van der Waals surface area contributed by atoms with Gasteiger partial charge in [0.25, 0.3) is 0 Å². The van der Waals surface area contributed by atoms with Crippen LogP contribution in [0.5, 0.6) is 0 Å². The number of aromatic nitrogens is 4. The lowest BCUT2D eigenvalue weighted by Gasteiger charge is -1.95. The van der Waals surface area contributed by atoms with E-state index < -0.39 is 0 Å². The number of rotatable bonds is 2. The summed E-state index contributed by atoms with van der Waals surface area (Å²) < 4.78 is 4.22. The summed E-state index contributed by atoms with van der Waals surface area (Å²) in [5, 5.41) is 5.55. The fraction of sp³-hybridized carbons (Fsp3) is 0.100. The zero-order valence-corrected chi connectivity index (χ0v) is 14.8. The summed E-state index contributed by atoms with van der Waals surface area (Å²) in [5.74, 6) is 0. The summed E-state index contributed by atoms with van der Waals surface area (Å²) in [6.07, 6.45) is 6.10. The van der Waals surface area contributed by atoms with Crippen LogP contribution in [-0.4, -0.2) is 19.1 Å². The van der Waals surface area contributed by atoms with Crippen LogP contribution in [0.3, 0.4) is 0 Å². The van der Waals surface area contributed by atoms with Crippen LogP contribution in [0.2, 0.25) is 0 Å². The molecule has 0 atom stereocenters. The molecule has 0 saturated heterocycles. The Morgan fingerprint density at radius 1 is 0.880 bits per heavy atom. The molecule has 122 valence electrons. The molecule has 0 spiro atoms. The number of thiazole rings is 1. The normalized spacial score (nSPS) is 11.6. The predicted octanol–water partition coefficient (Wildman–Crippen LogP) is 4.86. The first-order valence-electron chi connectivity index (χ1n) is 8.13. The lowest BCUT2D eigenvalue weighted by Crippen LogP contribution is -1.85. The third-order valence-electron chi connectivity index (χ3n) is 4.64. The molecule has 5 rings (SSSR count). The lowest BCUT2D eigenvalue weighted by atomic mass is 10.1. The minimum absolute atomic E-state index is 0.986. The van der Waals surface area contributed by atoms with Gasteiger partial charge in [-0.15, -0.1) is 11.3 Å². The third kappa shape index (κ3) is 2.13. The van der Waals surface area contributed by atoms with E-state index in [4.69, 9.17) is 4.98 Å². The Balaban J connectivity index is 1.68. The van der Waals surface area contributed by atoms with E-state index >= 15 is 0 Å². The van der Waals surface area contributed by atoms with Gasteiger partial charge in [-0.1, -0.05) is 18.2 Å². The van der Waals surface area contributed by atoms with E-state index in [-0.39, 0.29) is 0 Å². The minimum Gasteiger partial charge on any atom is -0.350 e. The molecule has 0 aliphatic carbocycles. The number of para-hydroxylation sites is 1. The Morgan fingerprint density at radius 3 is 2.60 bits per heavy atom.